The third kappa shape index (κ3) is 9.60. The van der Waals surface area contributed by atoms with Gasteiger partial charge >= 0.3 is 0 Å². The summed E-state index contributed by atoms with van der Waals surface area (Å²) in [5.74, 6) is 0.725. The lowest BCUT2D eigenvalue weighted by atomic mass is 9.86. The molecule has 0 spiro atoms. The van der Waals surface area contributed by atoms with Crippen molar-refractivity contribution in [2.75, 3.05) is 26.4 Å². The fraction of sp³-hybridized carbons (Fsp3) is 0.345. The van der Waals surface area contributed by atoms with Gasteiger partial charge < -0.3 is 28.8 Å². The van der Waals surface area contributed by atoms with Crippen molar-refractivity contribution in [3.8, 4) is 22.5 Å². The van der Waals surface area contributed by atoms with Crippen LogP contribution in [-0.2, 0) is 34.8 Å². The molecule has 75 heavy (non-hydrogen) atoms. The molecule has 0 unspecified atom stereocenters. The van der Waals surface area contributed by atoms with Crippen molar-refractivity contribution in [3.63, 3.8) is 0 Å². The minimum atomic E-state index is -1.11. The number of rotatable bonds is 10. The average molecular weight is 1070 g/mol. The SMILES string of the molecule is Cn1nnc(Cl)c1-c1cnc2c3cc(Cl)c(C(C)(C)O)cc3n([C@H](c3ccccc3)C3CCOCC3)c2c1.Cn1nnc(Cl)c1-c1cnc2c3ccc(C(C)(C)O)cc3n([C@H](c3ccccc3)C3CCOCC3)c2c1. The van der Waals surface area contributed by atoms with Crippen LogP contribution in [-0.4, -0.2) is 85.7 Å². The van der Waals surface area contributed by atoms with Crippen LogP contribution in [0, 0.1) is 11.8 Å². The number of fused-ring (bicyclic) bond motifs is 6. The summed E-state index contributed by atoms with van der Waals surface area (Å²) in [6.07, 6.45) is 7.47. The number of pyridine rings is 2. The highest BCUT2D eigenvalue weighted by molar-refractivity contribution is 6.33. The topological polar surface area (TPSA) is 156 Å². The minimum absolute atomic E-state index is 0.0214. The highest BCUT2D eigenvalue weighted by atomic mass is 35.5. The molecule has 14 nitrogen and oxygen atoms in total. The fourth-order valence-electron chi connectivity index (χ4n) is 11.4. The predicted molar refractivity (Wildman–Crippen MR) is 296 cm³/mol. The van der Waals surface area contributed by atoms with Gasteiger partial charge in [0, 0.05) is 85.4 Å². The molecule has 0 aliphatic carbocycles. The lowest BCUT2D eigenvalue weighted by molar-refractivity contribution is 0.0551. The van der Waals surface area contributed by atoms with Crippen molar-refractivity contribution in [2.45, 2.75) is 76.7 Å². The molecule has 4 aromatic carbocycles. The highest BCUT2D eigenvalue weighted by Crippen LogP contribution is 2.45. The van der Waals surface area contributed by atoms with E-state index in [0.29, 0.717) is 38.4 Å². The monoisotopic (exact) mass is 1060 g/mol. The molecule has 2 N–H and O–H groups in total. The Morgan fingerprint density at radius 1 is 0.547 bits per heavy atom. The van der Waals surface area contributed by atoms with Gasteiger partial charge in [0.05, 0.1) is 56.4 Å². The number of benzene rings is 4. The zero-order valence-electron chi connectivity index (χ0n) is 42.8. The molecule has 2 aliphatic rings. The van der Waals surface area contributed by atoms with Gasteiger partial charge in [0.25, 0.3) is 0 Å². The number of aliphatic hydroxyl groups is 2. The van der Waals surface area contributed by atoms with Crippen molar-refractivity contribution in [1.29, 1.82) is 0 Å². The van der Waals surface area contributed by atoms with Crippen LogP contribution >= 0.6 is 34.8 Å². The first-order valence-electron chi connectivity index (χ1n) is 25.5. The molecule has 12 rings (SSSR count). The molecule has 0 saturated carbocycles. The van der Waals surface area contributed by atoms with E-state index in [1.165, 1.54) is 11.1 Å². The van der Waals surface area contributed by atoms with Crippen molar-refractivity contribution >= 4 is 78.7 Å². The summed E-state index contributed by atoms with van der Waals surface area (Å²) in [5, 5.41) is 41.3. The molecule has 2 atom stereocenters. The second-order valence-electron chi connectivity index (χ2n) is 20.9. The summed E-state index contributed by atoms with van der Waals surface area (Å²) in [7, 11) is 3.65. The van der Waals surface area contributed by atoms with Crippen molar-refractivity contribution in [3.05, 3.63) is 153 Å². The number of hydrogen-bond acceptors (Lipinski definition) is 10. The van der Waals surface area contributed by atoms with Gasteiger partial charge in [-0.05, 0) is 112 Å². The average Bonchev–Trinajstić information content (AvgIpc) is 4.13. The number of aromatic nitrogens is 10. The van der Waals surface area contributed by atoms with E-state index in [1.807, 2.05) is 58.4 Å². The van der Waals surface area contributed by atoms with Gasteiger partial charge in [-0.15, -0.1) is 10.2 Å². The molecular formula is C58H59Cl3N10O4. The molecule has 0 amide bonds. The maximum absolute atomic E-state index is 11.0. The summed E-state index contributed by atoms with van der Waals surface area (Å²) >= 11 is 19.6. The fourth-order valence-corrected chi connectivity index (χ4v) is 12.4. The van der Waals surface area contributed by atoms with Gasteiger partial charge in [0.2, 0.25) is 0 Å². The maximum atomic E-state index is 11.0. The maximum Gasteiger partial charge on any atom is 0.179 e. The van der Waals surface area contributed by atoms with Gasteiger partial charge in [-0.1, -0.05) is 118 Å². The van der Waals surface area contributed by atoms with Crippen molar-refractivity contribution in [1.82, 2.24) is 49.1 Å². The molecule has 6 aromatic heterocycles. The number of aryl methyl sites for hydroxylation is 2. The molecule has 10 aromatic rings. The second kappa shape index (κ2) is 20.4. The Morgan fingerprint density at radius 2 is 1.00 bits per heavy atom. The summed E-state index contributed by atoms with van der Waals surface area (Å²) in [5.41, 5.74) is 10.8. The van der Waals surface area contributed by atoms with E-state index in [0.717, 1.165) is 118 Å². The van der Waals surface area contributed by atoms with Crippen LogP contribution in [0.1, 0.15) is 87.7 Å². The van der Waals surface area contributed by atoms with Crippen LogP contribution in [0.3, 0.4) is 0 Å². The third-order valence-corrected chi connectivity index (χ3v) is 15.9. The first-order valence-corrected chi connectivity index (χ1v) is 26.6. The number of halogens is 3. The predicted octanol–water partition coefficient (Wildman–Crippen LogP) is 12.4. The molecule has 2 aliphatic heterocycles. The summed E-state index contributed by atoms with van der Waals surface area (Å²) in [6.45, 7) is 10.1. The summed E-state index contributed by atoms with van der Waals surface area (Å²) in [6, 6.07) is 35.7. The summed E-state index contributed by atoms with van der Waals surface area (Å²) in [4.78, 5) is 9.87. The number of hydrogen-bond donors (Lipinski definition) is 2. The van der Waals surface area contributed by atoms with E-state index in [2.05, 4.69) is 109 Å². The normalized spacial score (nSPS) is 16.0. The Bertz CT molecular complexity index is 3660. The van der Waals surface area contributed by atoms with E-state index in [1.54, 1.807) is 29.4 Å². The molecule has 2 fully saturated rings. The Kier molecular flexibility index (Phi) is 13.8. The standard InChI is InChI=1S/C29H29Cl2N5O2.C29H30ClN5O2/c1-29(2,37)21-15-23-20(14-22(21)30)25-24(13-19(16-32-25)27-28(31)33-34-35(27)3)36(23)26(17-7-5-4-6-8-17)18-9-11-38-12-10-18;1-29(2,36)21-9-10-22-23(16-21)35(26(18-7-5-4-6-8-18)19-11-13-37-14-12-19)24-15-20(17-31-25(22)24)27-28(30)32-33-34(27)3/h4-8,13-16,18,26,37H,9-12H2,1-3H3;4-10,15-17,19,26,36H,11-14H2,1-3H3/t2*26-/m11/s1. The molecule has 8 heterocycles. The minimum Gasteiger partial charge on any atom is -0.386 e. The summed E-state index contributed by atoms with van der Waals surface area (Å²) < 4.78 is 19.6. The van der Waals surface area contributed by atoms with Crippen LogP contribution in [0.15, 0.2) is 116 Å². The second-order valence-corrected chi connectivity index (χ2v) is 22.1. The van der Waals surface area contributed by atoms with Crippen LogP contribution in [0.5, 0.6) is 0 Å². The smallest absolute Gasteiger partial charge is 0.179 e. The Hall–Kier alpha value is -6.23. The van der Waals surface area contributed by atoms with E-state index < -0.39 is 11.2 Å². The highest BCUT2D eigenvalue weighted by Gasteiger charge is 2.34. The first kappa shape index (κ1) is 50.9. The quantitative estimate of drug-likeness (QED) is 0.135. The van der Waals surface area contributed by atoms with Gasteiger partial charge in [-0.25, -0.2) is 9.36 Å². The zero-order valence-corrected chi connectivity index (χ0v) is 45.0. The Balaban J connectivity index is 0.000000161. The van der Waals surface area contributed by atoms with E-state index in [4.69, 9.17) is 54.2 Å². The zero-order chi connectivity index (χ0) is 52.3. The van der Waals surface area contributed by atoms with Crippen molar-refractivity contribution in [2.24, 2.45) is 25.9 Å². The first-order chi connectivity index (χ1) is 36.1. The lowest BCUT2D eigenvalue weighted by Crippen LogP contribution is -2.27. The molecule has 386 valence electrons. The molecule has 17 heteroatoms. The van der Waals surface area contributed by atoms with Crippen LogP contribution in [0.25, 0.3) is 66.4 Å². The molecule has 0 radical (unpaired) electrons. The Labute approximate surface area is 449 Å². The van der Waals surface area contributed by atoms with Gasteiger partial charge in [0.15, 0.2) is 10.3 Å². The molecule has 2 saturated heterocycles. The third-order valence-electron chi connectivity index (χ3n) is 15.1. The number of ether oxygens (including phenoxy) is 2. The van der Waals surface area contributed by atoms with E-state index in [9.17, 15) is 10.2 Å². The van der Waals surface area contributed by atoms with Gasteiger partial charge in [0.1, 0.15) is 11.4 Å². The van der Waals surface area contributed by atoms with Crippen LogP contribution < -0.4 is 0 Å². The number of nitrogens with zero attached hydrogens (tertiary/aromatic N) is 10. The molecule has 0 bridgehead atoms. The van der Waals surface area contributed by atoms with Crippen LogP contribution in [0.2, 0.25) is 15.3 Å². The Morgan fingerprint density at radius 3 is 1.43 bits per heavy atom. The van der Waals surface area contributed by atoms with Gasteiger partial charge in [-0.2, -0.15) is 0 Å². The van der Waals surface area contributed by atoms with E-state index in [-0.39, 0.29) is 12.1 Å². The van der Waals surface area contributed by atoms with Gasteiger partial charge in [-0.3, -0.25) is 9.97 Å². The van der Waals surface area contributed by atoms with E-state index >= 15 is 0 Å². The van der Waals surface area contributed by atoms with Crippen LogP contribution in [0.4, 0.5) is 0 Å². The largest absolute Gasteiger partial charge is 0.386 e. The van der Waals surface area contributed by atoms with Crippen molar-refractivity contribution < 1.29 is 19.7 Å². The molecular weight excluding hydrogens is 1010 g/mol. The lowest BCUT2D eigenvalue weighted by Gasteiger charge is -2.33.